The van der Waals surface area contributed by atoms with Crippen molar-refractivity contribution in [3.63, 3.8) is 0 Å². The lowest BCUT2D eigenvalue weighted by Gasteiger charge is -2.09. The van der Waals surface area contributed by atoms with Crippen LogP contribution in [0.25, 0.3) is 22.8 Å². The van der Waals surface area contributed by atoms with Crippen molar-refractivity contribution < 1.29 is 0 Å². The van der Waals surface area contributed by atoms with Crippen LogP contribution in [0.2, 0.25) is 0 Å². The molecule has 0 atom stereocenters. The zero-order valence-electron chi connectivity index (χ0n) is 11.9. The molecule has 22 heavy (non-hydrogen) atoms. The maximum atomic E-state index is 4.50. The predicted octanol–water partition coefficient (Wildman–Crippen LogP) is 4.13. The van der Waals surface area contributed by atoms with Gasteiger partial charge in [0, 0.05) is 41.7 Å². The Hall–Kier alpha value is -3.07. The number of aromatic nitrogens is 3. The first-order valence-corrected chi connectivity index (χ1v) is 7.15. The third-order valence-electron chi connectivity index (χ3n) is 3.65. The summed E-state index contributed by atoms with van der Waals surface area (Å²) in [6.45, 7) is 0. The van der Waals surface area contributed by atoms with Gasteiger partial charge in [0.25, 0.3) is 0 Å². The van der Waals surface area contributed by atoms with E-state index in [-0.39, 0.29) is 0 Å². The number of hydrogen-bond donors (Lipinski definition) is 0. The molecule has 4 rings (SSSR count). The minimum absolute atomic E-state index is 0.935. The molecule has 0 spiro atoms. The molecular weight excluding hydrogens is 270 g/mol. The summed E-state index contributed by atoms with van der Waals surface area (Å²) >= 11 is 0. The van der Waals surface area contributed by atoms with E-state index in [1.807, 2.05) is 61.2 Å². The second-order valence-corrected chi connectivity index (χ2v) is 5.02. The first kappa shape index (κ1) is 12.7. The van der Waals surface area contributed by atoms with Crippen LogP contribution < -0.4 is 0 Å². The molecule has 0 N–H and O–H groups in total. The van der Waals surface area contributed by atoms with Crippen LogP contribution in [-0.4, -0.2) is 14.1 Å². The van der Waals surface area contributed by atoms with E-state index in [4.69, 9.17) is 0 Å². The summed E-state index contributed by atoms with van der Waals surface area (Å²) < 4.78 is 4.17. The zero-order valence-corrected chi connectivity index (χ0v) is 11.9. The van der Waals surface area contributed by atoms with Gasteiger partial charge in [-0.25, -0.2) is 4.98 Å². The lowest BCUT2D eigenvalue weighted by Crippen LogP contribution is -1.96. The maximum absolute atomic E-state index is 4.50. The smallest absolute Gasteiger partial charge is 0.144 e. The third-order valence-corrected chi connectivity index (χ3v) is 3.65. The summed E-state index contributed by atoms with van der Waals surface area (Å²) in [6.07, 6.45) is 7.88. The van der Waals surface area contributed by atoms with E-state index >= 15 is 0 Å². The average Bonchev–Trinajstić information content (AvgIpc) is 3.28. The standard InChI is InChI=1S/C19H14N3/c1-2-6-18(7-3-1)22-15-12-20-19(22)16-8-10-17(11-9-16)21-13-4-5-14-21/h2-15H. The molecule has 105 valence electrons. The molecule has 3 nitrogen and oxygen atoms in total. The number of benzene rings is 2. The van der Waals surface area contributed by atoms with Crippen LogP contribution in [0.3, 0.4) is 0 Å². The normalized spacial score (nSPS) is 10.7. The first-order valence-electron chi connectivity index (χ1n) is 7.15. The van der Waals surface area contributed by atoms with Gasteiger partial charge in [-0.3, -0.25) is 4.57 Å². The quantitative estimate of drug-likeness (QED) is 0.554. The van der Waals surface area contributed by atoms with Gasteiger partial charge in [0.1, 0.15) is 5.82 Å². The highest BCUT2D eigenvalue weighted by atomic mass is 15.1. The highest BCUT2D eigenvalue weighted by Crippen LogP contribution is 2.22. The molecule has 2 heterocycles. The van der Waals surface area contributed by atoms with Crippen molar-refractivity contribution in [2.24, 2.45) is 0 Å². The van der Waals surface area contributed by atoms with Gasteiger partial charge in [0.15, 0.2) is 0 Å². The van der Waals surface area contributed by atoms with E-state index < -0.39 is 0 Å². The van der Waals surface area contributed by atoms with Crippen LogP contribution in [-0.2, 0) is 0 Å². The number of hydrogen-bond acceptors (Lipinski definition) is 1. The monoisotopic (exact) mass is 284 g/mol. The summed E-state index contributed by atoms with van der Waals surface area (Å²) in [7, 11) is 0. The summed E-state index contributed by atoms with van der Waals surface area (Å²) in [4.78, 5) is 4.50. The lowest BCUT2D eigenvalue weighted by molar-refractivity contribution is 1.06. The Morgan fingerprint density at radius 3 is 2.23 bits per heavy atom. The van der Waals surface area contributed by atoms with Gasteiger partial charge in [0.05, 0.1) is 0 Å². The molecule has 2 aromatic heterocycles. The minimum atomic E-state index is 0.935. The van der Waals surface area contributed by atoms with Crippen LogP contribution in [0.5, 0.6) is 0 Å². The Balaban J connectivity index is 1.73. The summed E-state index contributed by atoms with van der Waals surface area (Å²) in [5.74, 6) is 0.935. The second kappa shape index (κ2) is 5.37. The molecule has 0 amide bonds. The molecule has 0 saturated carbocycles. The highest BCUT2D eigenvalue weighted by Gasteiger charge is 2.07. The van der Waals surface area contributed by atoms with Crippen LogP contribution in [0.1, 0.15) is 0 Å². The zero-order chi connectivity index (χ0) is 14.8. The van der Waals surface area contributed by atoms with E-state index in [1.54, 1.807) is 0 Å². The lowest BCUT2D eigenvalue weighted by atomic mass is 10.2. The van der Waals surface area contributed by atoms with Crippen LogP contribution in [0, 0.1) is 6.07 Å². The van der Waals surface area contributed by atoms with Crippen molar-refractivity contribution in [1.82, 2.24) is 14.1 Å². The SMILES string of the molecule is [c]1ccc(-n2ccnc2-c2ccc(-n3cccc3)cc2)cc1. The summed E-state index contributed by atoms with van der Waals surface area (Å²) in [5.41, 5.74) is 3.32. The average molecular weight is 284 g/mol. The first-order chi connectivity index (χ1) is 10.9. The Morgan fingerprint density at radius 2 is 1.50 bits per heavy atom. The Morgan fingerprint density at radius 1 is 0.773 bits per heavy atom. The van der Waals surface area contributed by atoms with Crippen molar-refractivity contribution in [3.05, 3.63) is 91.5 Å². The van der Waals surface area contributed by atoms with Gasteiger partial charge < -0.3 is 4.57 Å². The molecule has 1 radical (unpaired) electrons. The van der Waals surface area contributed by atoms with Crippen LogP contribution in [0.15, 0.2) is 85.5 Å². The van der Waals surface area contributed by atoms with Gasteiger partial charge in [0.2, 0.25) is 0 Å². The fraction of sp³-hybridized carbons (Fsp3) is 0. The molecule has 3 heteroatoms. The van der Waals surface area contributed by atoms with Crippen molar-refractivity contribution in [2.45, 2.75) is 0 Å². The topological polar surface area (TPSA) is 22.8 Å². The van der Waals surface area contributed by atoms with Crippen molar-refractivity contribution in [3.8, 4) is 22.8 Å². The predicted molar refractivity (Wildman–Crippen MR) is 87.2 cm³/mol. The van der Waals surface area contributed by atoms with Crippen molar-refractivity contribution >= 4 is 0 Å². The van der Waals surface area contributed by atoms with Crippen LogP contribution >= 0.6 is 0 Å². The fourth-order valence-electron chi connectivity index (χ4n) is 2.55. The second-order valence-electron chi connectivity index (χ2n) is 5.02. The van der Waals surface area contributed by atoms with Crippen LogP contribution in [0.4, 0.5) is 0 Å². The third kappa shape index (κ3) is 2.23. The van der Waals surface area contributed by atoms with E-state index in [0.717, 1.165) is 22.8 Å². The van der Waals surface area contributed by atoms with Crippen molar-refractivity contribution in [2.75, 3.05) is 0 Å². The molecule has 0 bridgehead atoms. The van der Waals surface area contributed by atoms with Gasteiger partial charge in [-0.05, 0) is 54.6 Å². The molecule has 2 aromatic carbocycles. The van der Waals surface area contributed by atoms with E-state index in [1.165, 1.54) is 0 Å². The summed E-state index contributed by atoms with van der Waals surface area (Å²) in [5, 5.41) is 0. The maximum Gasteiger partial charge on any atom is 0.144 e. The molecule has 0 saturated heterocycles. The highest BCUT2D eigenvalue weighted by molar-refractivity contribution is 5.60. The Kier molecular flexibility index (Phi) is 3.09. The van der Waals surface area contributed by atoms with E-state index in [0.29, 0.717) is 0 Å². The number of nitrogens with zero attached hydrogens (tertiary/aromatic N) is 3. The van der Waals surface area contributed by atoms with Gasteiger partial charge in [-0.1, -0.05) is 12.1 Å². The molecule has 0 aliphatic carbocycles. The Bertz CT molecular complexity index is 857. The largest absolute Gasteiger partial charge is 0.324 e. The van der Waals surface area contributed by atoms with Gasteiger partial charge in [-0.2, -0.15) is 0 Å². The molecule has 0 fully saturated rings. The number of rotatable bonds is 3. The molecular formula is C19H14N3. The van der Waals surface area contributed by atoms with Gasteiger partial charge >= 0.3 is 0 Å². The molecule has 0 unspecified atom stereocenters. The van der Waals surface area contributed by atoms with E-state index in [2.05, 4.69) is 44.5 Å². The molecule has 0 aliphatic heterocycles. The fourth-order valence-corrected chi connectivity index (χ4v) is 2.55. The summed E-state index contributed by atoms with van der Waals surface area (Å²) in [6, 6.07) is 23.4. The molecule has 4 aromatic rings. The molecule has 0 aliphatic rings. The minimum Gasteiger partial charge on any atom is -0.324 e. The number of imidazole rings is 1. The Labute approximate surface area is 129 Å². The van der Waals surface area contributed by atoms with E-state index in [9.17, 15) is 0 Å². The van der Waals surface area contributed by atoms with Gasteiger partial charge in [-0.15, -0.1) is 0 Å². The van der Waals surface area contributed by atoms with Crippen molar-refractivity contribution in [1.29, 1.82) is 0 Å².